The molecule has 25 heavy (non-hydrogen) atoms. The predicted octanol–water partition coefficient (Wildman–Crippen LogP) is 3.33. The molecule has 0 amide bonds. The van der Waals surface area contributed by atoms with Crippen molar-refractivity contribution in [1.29, 1.82) is 0 Å². The highest BCUT2D eigenvalue weighted by Crippen LogP contribution is 2.46. The molecular formula is C19H22N4O2. The van der Waals surface area contributed by atoms with Gasteiger partial charge in [0.2, 0.25) is 5.95 Å². The van der Waals surface area contributed by atoms with Gasteiger partial charge in [0.1, 0.15) is 18.1 Å². The largest absolute Gasteiger partial charge is 0.494 e. The van der Waals surface area contributed by atoms with Crippen LogP contribution in [0.3, 0.4) is 0 Å². The molecule has 4 rings (SSSR count). The number of para-hydroxylation sites is 1. The molecule has 0 fully saturated rings. The average Bonchev–Trinajstić information content (AvgIpc) is 3.01. The molecule has 6 heteroatoms. The van der Waals surface area contributed by atoms with Crippen LogP contribution in [-0.4, -0.2) is 27.2 Å². The maximum atomic E-state index is 13.0. The zero-order valence-electron chi connectivity index (χ0n) is 14.7. The van der Waals surface area contributed by atoms with E-state index in [2.05, 4.69) is 29.2 Å². The number of anilines is 1. The summed E-state index contributed by atoms with van der Waals surface area (Å²) in [5, 5.41) is 7.70. The smallest absolute Gasteiger partial charge is 0.226 e. The molecule has 0 saturated heterocycles. The molecule has 6 nitrogen and oxygen atoms in total. The number of benzene rings is 1. The number of aromatic nitrogens is 3. The zero-order valence-corrected chi connectivity index (χ0v) is 14.7. The van der Waals surface area contributed by atoms with Crippen molar-refractivity contribution in [2.24, 2.45) is 5.41 Å². The predicted molar refractivity (Wildman–Crippen MR) is 94.4 cm³/mol. The Morgan fingerprint density at radius 3 is 2.92 bits per heavy atom. The summed E-state index contributed by atoms with van der Waals surface area (Å²) < 4.78 is 7.61. The number of carbonyl (C=O) groups is 1. The van der Waals surface area contributed by atoms with Crippen molar-refractivity contribution >= 4 is 11.7 Å². The fraction of sp³-hybridized carbons (Fsp3) is 0.421. The van der Waals surface area contributed by atoms with Gasteiger partial charge >= 0.3 is 0 Å². The van der Waals surface area contributed by atoms with E-state index in [0.717, 1.165) is 29.0 Å². The molecule has 1 aromatic carbocycles. The molecule has 0 unspecified atom stereocenters. The van der Waals surface area contributed by atoms with Gasteiger partial charge in [0.05, 0.1) is 6.61 Å². The number of ketones is 1. The van der Waals surface area contributed by atoms with E-state index in [1.165, 1.54) is 6.33 Å². The van der Waals surface area contributed by atoms with Crippen LogP contribution in [0.15, 0.2) is 41.9 Å². The molecule has 2 aromatic rings. The molecule has 1 atom stereocenters. The molecule has 1 aromatic heterocycles. The van der Waals surface area contributed by atoms with Crippen LogP contribution in [-0.2, 0) is 4.79 Å². The number of hydrogen-bond donors (Lipinski definition) is 1. The highest BCUT2D eigenvalue weighted by Gasteiger charge is 2.42. The Kier molecular flexibility index (Phi) is 3.63. The lowest BCUT2D eigenvalue weighted by Crippen LogP contribution is -2.36. The Bertz CT molecular complexity index is 866. The third-order valence-electron chi connectivity index (χ3n) is 4.79. The molecule has 0 spiro atoms. The summed E-state index contributed by atoms with van der Waals surface area (Å²) in [4.78, 5) is 17.4. The molecule has 1 N–H and O–H groups in total. The van der Waals surface area contributed by atoms with E-state index in [9.17, 15) is 4.79 Å². The third kappa shape index (κ3) is 2.62. The lowest BCUT2D eigenvalue weighted by atomic mass is 9.73. The Balaban J connectivity index is 1.91. The Labute approximate surface area is 146 Å². The number of nitrogens with one attached hydrogen (secondary N) is 1. The van der Waals surface area contributed by atoms with Crippen molar-refractivity contribution in [3.63, 3.8) is 0 Å². The molecule has 0 bridgehead atoms. The zero-order chi connectivity index (χ0) is 17.6. The van der Waals surface area contributed by atoms with Crippen molar-refractivity contribution in [2.75, 3.05) is 11.9 Å². The molecule has 0 radical (unpaired) electrons. The standard InChI is InChI=1S/C19H22N4O2/c1-4-25-15-8-6-5-7-12(15)17-16-13(9-19(2,3)10-14(16)24)22-18-20-11-21-23(17)18/h5-8,11,17H,4,9-10H2,1-3H3,(H,20,21,22)/t17-/m0/s1. The maximum Gasteiger partial charge on any atom is 0.226 e. The van der Waals surface area contributed by atoms with Gasteiger partial charge in [0.15, 0.2) is 5.78 Å². The van der Waals surface area contributed by atoms with Gasteiger partial charge in [-0.25, -0.2) is 4.68 Å². The quantitative estimate of drug-likeness (QED) is 0.929. The first kappa shape index (κ1) is 15.9. The van der Waals surface area contributed by atoms with Gasteiger partial charge < -0.3 is 10.1 Å². The second kappa shape index (κ2) is 5.72. The van der Waals surface area contributed by atoms with Crippen LogP contribution in [0.1, 0.15) is 45.2 Å². The van der Waals surface area contributed by atoms with Gasteiger partial charge in [-0.15, -0.1) is 0 Å². The maximum absolute atomic E-state index is 13.0. The summed E-state index contributed by atoms with van der Waals surface area (Å²) >= 11 is 0. The average molecular weight is 338 g/mol. The van der Waals surface area contributed by atoms with Crippen LogP contribution in [0.5, 0.6) is 5.75 Å². The van der Waals surface area contributed by atoms with Crippen molar-refractivity contribution in [3.8, 4) is 5.75 Å². The van der Waals surface area contributed by atoms with Crippen molar-refractivity contribution in [1.82, 2.24) is 14.8 Å². The number of carbonyl (C=O) groups excluding carboxylic acids is 1. The number of hydrogen-bond acceptors (Lipinski definition) is 5. The normalized spacial score (nSPS) is 21.4. The van der Waals surface area contributed by atoms with E-state index >= 15 is 0 Å². The number of Topliss-reactive ketones (excluding diaryl/α,β-unsaturated/α-hetero) is 1. The lowest BCUT2D eigenvalue weighted by Gasteiger charge is -2.38. The molecular weight excluding hydrogens is 316 g/mol. The van der Waals surface area contributed by atoms with Crippen LogP contribution in [0.25, 0.3) is 0 Å². The second-order valence-corrected chi connectivity index (χ2v) is 7.36. The van der Waals surface area contributed by atoms with Crippen LogP contribution in [0.4, 0.5) is 5.95 Å². The monoisotopic (exact) mass is 338 g/mol. The van der Waals surface area contributed by atoms with Gasteiger partial charge in [-0.05, 0) is 24.8 Å². The topological polar surface area (TPSA) is 69.0 Å². The lowest BCUT2D eigenvalue weighted by molar-refractivity contribution is -0.118. The summed E-state index contributed by atoms with van der Waals surface area (Å²) in [6, 6.07) is 7.55. The molecule has 2 heterocycles. The first-order valence-electron chi connectivity index (χ1n) is 8.64. The SMILES string of the molecule is CCOc1ccccc1[C@H]1C2=C(CC(C)(C)CC2=O)Nc2ncnn21. The molecule has 2 aliphatic rings. The van der Waals surface area contributed by atoms with Gasteiger partial charge in [0, 0.05) is 23.3 Å². The first-order chi connectivity index (χ1) is 12.0. The fourth-order valence-electron chi connectivity index (χ4n) is 3.83. The molecule has 1 aliphatic carbocycles. The van der Waals surface area contributed by atoms with Gasteiger partial charge in [-0.1, -0.05) is 32.0 Å². The minimum Gasteiger partial charge on any atom is -0.494 e. The van der Waals surface area contributed by atoms with E-state index in [-0.39, 0.29) is 17.2 Å². The highest BCUT2D eigenvalue weighted by atomic mass is 16.5. The molecule has 1 aliphatic heterocycles. The highest BCUT2D eigenvalue weighted by molar-refractivity contribution is 6.00. The second-order valence-electron chi connectivity index (χ2n) is 7.36. The minimum atomic E-state index is -0.305. The number of ether oxygens (including phenoxy) is 1. The van der Waals surface area contributed by atoms with E-state index in [1.54, 1.807) is 4.68 Å². The van der Waals surface area contributed by atoms with Crippen LogP contribution >= 0.6 is 0 Å². The number of nitrogens with zero attached hydrogens (tertiary/aromatic N) is 3. The van der Waals surface area contributed by atoms with Crippen molar-refractivity contribution in [3.05, 3.63) is 47.4 Å². The summed E-state index contributed by atoms with van der Waals surface area (Å²) in [5.41, 5.74) is 2.62. The van der Waals surface area contributed by atoms with E-state index < -0.39 is 0 Å². The summed E-state index contributed by atoms with van der Waals surface area (Å²) in [5.74, 6) is 1.61. The third-order valence-corrected chi connectivity index (χ3v) is 4.79. The first-order valence-corrected chi connectivity index (χ1v) is 8.64. The summed E-state index contributed by atoms with van der Waals surface area (Å²) in [6.45, 7) is 6.77. The minimum absolute atomic E-state index is 0.0604. The number of allylic oxidation sites excluding steroid dienone is 2. The fourth-order valence-corrected chi connectivity index (χ4v) is 3.83. The van der Waals surface area contributed by atoms with E-state index in [4.69, 9.17) is 4.74 Å². The van der Waals surface area contributed by atoms with Crippen LogP contribution in [0, 0.1) is 5.41 Å². The van der Waals surface area contributed by atoms with E-state index in [0.29, 0.717) is 19.0 Å². The summed E-state index contributed by atoms with van der Waals surface area (Å²) in [7, 11) is 0. The molecule has 130 valence electrons. The Morgan fingerprint density at radius 1 is 1.32 bits per heavy atom. The Morgan fingerprint density at radius 2 is 2.12 bits per heavy atom. The Hall–Kier alpha value is -2.63. The van der Waals surface area contributed by atoms with Crippen LogP contribution < -0.4 is 10.1 Å². The number of fused-ring (bicyclic) bond motifs is 1. The van der Waals surface area contributed by atoms with Crippen molar-refractivity contribution < 1.29 is 9.53 Å². The van der Waals surface area contributed by atoms with Gasteiger partial charge in [0.25, 0.3) is 0 Å². The van der Waals surface area contributed by atoms with Crippen LogP contribution in [0.2, 0.25) is 0 Å². The van der Waals surface area contributed by atoms with Gasteiger partial charge in [-0.2, -0.15) is 10.1 Å². The molecule has 0 saturated carbocycles. The number of rotatable bonds is 3. The van der Waals surface area contributed by atoms with Gasteiger partial charge in [-0.3, -0.25) is 4.79 Å². The summed E-state index contributed by atoms with van der Waals surface area (Å²) in [6.07, 6.45) is 2.87. The van der Waals surface area contributed by atoms with Crippen molar-refractivity contribution in [2.45, 2.75) is 39.7 Å². The van der Waals surface area contributed by atoms with E-state index in [1.807, 2.05) is 31.2 Å².